The number of benzene rings is 1. The molecule has 1 N–H and O–H groups in total. The minimum atomic E-state index is 0.317. The highest BCUT2D eigenvalue weighted by molar-refractivity contribution is 5.44. The van der Waals surface area contributed by atoms with E-state index in [1.54, 1.807) is 7.11 Å². The quantitative estimate of drug-likeness (QED) is 0.692. The summed E-state index contributed by atoms with van der Waals surface area (Å²) in [6.07, 6.45) is 2.77. The van der Waals surface area contributed by atoms with Gasteiger partial charge in [-0.1, -0.05) is 6.07 Å². The maximum Gasteiger partial charge on any atom is 0.231 e. The van der Waals surface area contributed by atoms with Gasteiger partial charge in [0, 0.05) is 59.2 Å². The topological polar surface area (TPSA) is 72.0 Å². The van der Waals surface area contributed by atoms with Crippen molar-refractivity contribution in [3.8, 4) is 11.5 Å². The molecule has 8 nitrogen and oxygen atoms in total. The zero-order valence-corrected chi connectivity index (χ0v) is 16.3. The molecule has 150 valence electrons. The molecule has 28 heavy (non-hydrogen) atoms. The third kappa shape index (κ3) is 4.63. The average molecular weight is 385 g/mol. The fourth-order valence-electron chi connectivity index (χ4n) is 3.44. The lowest BCUT2D eigenvalue weighted by Gasteiger charge is -2.34. The SMILES string of the molecule is COCCCNc1ccnc(N2CCN(Cc3ccc4c(c3)OCO4)CC2)n1. The monoisotopic (exact) mass is 385 g/mol. The number of hydrogen-bond acceptors (Lipinski definition) is 8. The normalized spacial score (nSPS) is 16.4. The van der Waals surface area contributed by atoms with Crippen molar-refractivity contribution in [3.63, 3.8) is 0 Å². The number of anilines is 2. The van der Waals surface area contributed by atoms with Crippen molar-refractivity contribution >= 4 is 11.8 Å². The van der Waals surface area contributed by atoms with E-state index in [2.05, 4.69) is 37.2 Å². The zero-order valence-electron chi connectivity index (χ0n) is 16.3. The number of aromatic nitrogens is 2. The average Bonchev–Trinajstić information content (AvgIpc) is 3.20. The van der Waals surface area contributed by atoms with Crippen LogP contribution in [-0.4, -0.2) is 68.1 Å². The molecule has 0 amide bonds. The number of methoxy groups -OCH3 is 1. The Morgan fingerprint density at radius 2 is 1.96 bits per heavy atom. The second-order valence-electron chi connectivity index (χ2n) is 6.97. The molecule has 1 aromatic heterocycles. The van der Waals surface area contributed by atoms with Crippen LogP contribution in [0.4, 0.5) is 11.8 Å². The van der Waals surface area contributed by atoms with E-state index in [4.69, 9.17) is 14.2 Å². The third-order valence-electron chi connectivity index (χ3n) is 4.97. The van der Waals surface area contributed by atoms with Crippen LogP contribution in [0.2, 0.25) is 0 Å². The van der Waals surface area contributed by atoms with Crippen molar-refractivity contribution in [2.45, 2.75) is 13.0 Å². The molecule has 2 aromatic rings. The van der Waals surface area contributed by atoms with E-state index in [-0.39, 0.29) is 0 Å². The highest BCUT2D eigenvalue weighted by Crippen LogP contribution is 2.32. The number of nitrogens with zero attached hydrogens (tertiary/aromatic N) is 4. The Bertz CT molecular complexity index is 780. The number of nitrogens with one attached hydrogen (secondary N) is 1. The number of fused-ring (bicyclic) bond motifs is 1. The first-order valence-corrected chi connectivity index (χ1v) is 9.73. The van der Waals surface area contributed by atoms with Crippen molar-refractivity contribution in [1.82, 2.24) is 14.9 Å². The van der Waals surface area contributed by atoms with Gasteiger partial charge in [0.05, 0.1) is 0 Å². The molecule has 0 atom stereocenters. The lowest BCUT2D eigenvalue weighted by atomic mass is 10.1. The van der Waals surface area contributed by atoms with Gasteiger partial charge in [-0.25, -0.2) is 4.98 Å². The lowest BCUT2D eigenvalue weighted by molar-refractivity contribution is 0.174. The molecule has 0 radical (unpaired) electrons. The van der Waals surface area contributed by atoms with E-state index in [0.29, 0.717) is 6.79 Å². The predicted molar refractivity (Wildman–Crippen MR) is 107 cm³/mol. The van der Waals surface area contributed by atoms with E-state index in [1.807, 2.05) is 18.3 Å². The molecule has 8 heteroatoms. The Balaban J connectivity index is 1.28. The Kier molecular flexibility index (Phi) is 6.08. The van der Waals surface area contributed by atoms with E-state index >= 15 is 0 Å². The summed E-state index contributed by atoms with van der Waals surface area (Å²) in [5.41, 5.74) is 1.25. The summed E-state index contributed by atoms with van der Waals surface area (Å²) < 4.78 is 15.9. The fourth-order valence-corrected chi connectivity index (χ4v) is 3.44. The highest BCUT2D eigenvalue weighted by atomic mass is 16.7. The van der Waals surface area contributed by atoms with E-state index < -0.39 is 0 Å². The van der Waals surface area contributed by atoms with Crippen LogP contribution in [0.5, 0.6) is 11.5 Å². The maximum atomic E-state index is 5.48. The molecule has 0 saturated carbocycles. The summed E-state index contributed by atoms with van der Waals surface area (Å²) in [6, 6.07) is 8.09. The van der Waals surface area contributed by atoms with Gasteiger partial charge in [-0.3, -0.25) is 4.90 Å². The van der Waals surface area contributed by atoms with Crippen molar-refractivity contribution in [2.24, 2.45) is 0 Å². The fraction of sp³-hybridized carbons (Fsp3) is 0.500. The Morgan fingerprint density at radius 3 is 2.82 bits per heavy atom. The minimum absolute atomic E-state index is 0.317. The van der Waals surface area contributed by atoms with Gasteiger partial charge in [0.2, 0.25) is 12.7 Å². The van der Waals surface area contributed by atoms with Crippen LogP contribution in [0.3, 0.4) is 0 Å². The van der Waals surface area contributed by atoms with Crippen LogP contribution < -0.4 is 19.7 Å². The molecule has 2 aliphatic rings. The molecule has 4 rings (SSSR count). The Hall–Kier alpha value is -2.58. The van der Waals surface area contributed by atoms with Gasteiger partial charge in [0.25, 0.3) is 0 Å². The molecule has 1 fully saturated rings. The molecular weight excluding hydrogens is 358 g/mol. The van der Waals surface area contributed by atoms with Crippen molar-refractivity contribution in [1.29, 1.82) is 0 Å². The highest BCUT2D eigenvalue weighted by Gasteiger charge is 2.20. The van der Waals surface area contributed by atoms with Crippen LogP contribution in [-0.2, 0) is 11.3 Å². The molecule has 3 heterocycles. The summed E-state index contributed by atoms with van der Waals surface area (Å²) in [5, 5.41) is 3.33. The van der Waals surface area contributed by atoms with Crippen molar-refractivity contribution in [3.05, 3.63) is 36.0 Å². The smallest absolute Gasteiger partial charge is 0.231 e. The van der Waals surface area contributed by atoms with Gasteiger partial charge < -0.3 is 24.4 Å². The van der Waals surface area contributed by atoms with Gasteiger partial charge in [0.1, 0.15) is 5.82 Å². The third-order valence-corrected chi connectivity index (χ3v) is 4.97. The Labute approximate surface area is 165 Å². The minimum Gasteiger partial charge on any atom is -0.454 e. The second-order valence-corrected chi connectivity index (χ2v) is 6.97. The second kappa shape index (κ2) is 9.07. The first-order valence-electron chi connectivity index (χ1n) is 9.73. The summed E-state index contributed by atoms with van der Waals surface area (Å²) in [7, 11) is 1.72. The van der Waals surface area contributed by atoms with E-state index in [9.17, 15) is 0 Å². The molecule has 2 aliphatic heterocycles. The van der Waals surface area contributed by atoms with Crippen LogP contribution in [0.15, 0.2) is 30.5 Å². The van der Waals surface area contributed by atoms with Crippen LogP contribution in [0, 0.1) is 0 Å². The number of piperazine rings is 1. The molecule has 0 unspecified atom stereocenters. The van der Waals surface area contributed by atoms with Gasteiger partial charge >= 0.3 is 0 Å². The van der Waals surface area contributed by atoms with Gasteiger partial charge in [0.15, 0.2) is 11.5 Å². The standard InChI is InChI=1S/C20H27N5O3/c1-26-12-2-6-21-19-5-7-22-20(23-19)25-10-8-24(9-11-25)14-16-3-4-17-18(13-16)28-15-27-17/h3-5,7,13H,2,6,8-12,14-15H2,1H3,(H,21,22,23). The van der Waals surface area contributed by atoms with Gasteiger partial charge in [-0.2, -0.15) is 4.98 Å². The zero-order chi connectivity index (χ0) is 19.2. The molecular formula is C20H27N5O3. The molecule has 1 saturated heterocycles. The number of ether oxygens (including phenoxy) is 3. The molecule has 0 bridgehead atoms. The van der Waals surface area contributed by atoms with E-state index in [1.165, 1.54) is 5.56 Å². The predicted octanol–water partition coefficient (Wildman–Crippen LogP) is 1.98. The summed E-state index contributed by atoms with van der Waals surface area (Å²) in [6.45, 7) is 6.59. The van der Waals surface area contributed by atoms with Crippen LogP contribution >= 0.6 is 0 Å². The summed E-state index contributed by atoms with van der Waals surface area (Å²) >= 11 is 0. The summed E-state index contributed by atoms with van der Waals surface area (Å²) in [4.78, 5) is 13.8. The first kappa shape index (κ1) is 18.8. The molecule has 0 aliphatic carbocycles. The van der Waals surface area contributed by atoms with E-state index in [0.717, 1.165) is 75.6 Å². The van der Waals surface area contributed by atoms with Gasteiger partial charge in [-0.05, 0) is 30.2 Å². The van der Waals surface area contributed by atoms with Crippen LogP contribution in [0.25, 0.3) is 0 Å². The number of hydrogen-bond donors (Lipinski definition) is 1. The van der Waals surface area contributed by atoms with Crippen molar-refractivity contribution in [2.75, 3.05) is 63.5 Å². The maximum absolute atomic E-state index is 5.48. The first-order chi connectivity index (χ1) is 13.8. The molecule has 1 aromatic carbocycles. The molecule has 0 spiro atoms. The summed E-state index contributed by atoms with van der Waals surface area (Å²) in [5.74, 6) is 3.34. The Morgan fingerprint density at radius 1 is 1.11 bits per heavy atom. The largest absolute Gasteiger partial charge is 0.454 e. The van der Waals surface area contributed by atoms with Gasteiger partial charge in [-0.15, -0.1) is 0 Å². The van der Waals surface area contributed by atoms with Crippen molar-refractivity contribution < 1.29 is 14.2 Å². The number of rotatable bonds is 8. The lowest BCUT2D eigenvalue weighted by Crippen LogP contribution is -2.46. The van der Waals surface area contributed by atoms with Crippen LogP contribution in [0.1, 0.15) is 12.0 Å².